The molecule has 0 unspecified atom stereocenters. The molecule has 78 valence electrons. The maximum absolute atomic E-state index is 13.3. The highest BCUT2D eigenvalue weighted by molar-refractivity contribution is 5.34. The number of rotatable bonds is 2. The molecule has 0 bridgehead atoms. The Bertz CT molecular complexity index is 345. The molecular weight excluding hydrogens is 188 g/mol. The molecule has 2 nitrogen and oxygen atoms in total. The zero-order valence-electron chi connectivity index (χ0n) is 8.40. The molecule has 0 aliphatic heterocycles. The first kappa shape index (κ1) is 10.9. The summed E-state index contributed by atoms with van der Waals surface area (Å²) in [4.78, 5) is 0. The van der Waals surface area contributed by atoms with Crippen molar-refractivity contribution in [3.8, 4) is 5.75 Å². The summed E-state index contributed by atoms with van der Waals surface area (Å²) in [6, 6.07) is 2.39. The van der Waals surface area contributed by atoms with Gasteiger partial charge in [-0.3, -0.25) is 0 Å². The third kappa shape index (κ3) is 2.01. The van der Waals surface area contributed by atoms with Crippen LogP contribution >= 0.6 is 0 Å². The second kappa shape index (κ2) is 3.53. The fourth-order valence-electron chi connectivity index (χ4n) is 1.15. The number of hydrogen-bond acceptors (Lipinski definition) is 2. The zero-order chi connectivity index (χ0) is 10.9. The molecule has 0 aliphatic carbocycles. The smallest absolute Gasteiger partial charge is 0.164 e. The highest BCUT2D eigenvalue weighted by Gasteiger charge is 2.22. The quantitative estimate of drug-likeness (QED) is 0.795. The Morgan fingerprint density at radius 3 is 2.29 bits per heavy atom. The molecule has 0 aromatic heterocycles. The maximum atomic E-state index is 13.3. The summed E-state index contributed by atoms with van der Waals surface area (Å²) in [7, 11) is 1.39. The highest BCUT2D eigenvalue weighted by atomic mass is 19.2. The van der Waals surface area contributed by atoms with E-state index in [1.54, 1.807) is 13.8 Å². The molecule has 0 amide bonds. The molecule has 2 N–H and O–H groups in total. The van der Waals surface area contributed by atoms with E-state index in [2.05, 4.69) is 0 Å². The molecule has 0 aliphatic rings. The van der Waals surface area contributed by atoms with Crippen LogP contribution in [0.25, 0.3) is 0 Å². The maximum Gasteiger partial charge on any atom is 0.164 e. The van der Waals surface area contributed by atoms with E-state index < -0.39 is 17.2 Å². The van der Waals surface area contributed by atoms with Crippen molar-refractivity contribution in [2.45, 2.75) is 19.4 Å². The second-order valence-corrected chi connectivity index (χ2v) is 3.69. The third-order valence-corrected chi connectivity index (χ3v) is 1.93. The molecule has 0 atom stereocenters. The van der Waals surface area contributed by atoms with Gasteiger partial charge in [-0.1, -0.05) is 0 Å². The van der Waals surface area contributed by atoms with Crippen molar-refractivity contribution in [2.24, 2.45) is 5.73 Å². The van der Waals surface area contributed by atoms with Crippen LogP contribution in [0.4, 0.5) is 8.78 Å². The first-order valence-electron chi connectivity index (χ1n) is 4.18. The second-order valence-electron chi connectivity index (χ2n) is 3.69. The van der Waals surface area contributed by atoms with Gasteiger partial charge in [0, 0.05) is 17.2 Å². The van der Waals surface area contributed by atoms with Gasteiger partial charge in [0.25, 0.3) is 0 Å². The Hall–Kier alpha value is -1.16. The van der Waals surface area contributed by atoms with E-state index in [4.69, 9.17) is 10.5 Å². The number of benzene rings is 1. The lowest BCUT2D eigenvalue weighted by molar-refractivity contribution is 0.396. The first-order valence-corrected chi connectivity index (χ1v) is 4.18. The molecule has 0 fully saturated rings. The van der Waals surface area contributed by atoms with Gasteiger partial charge < -0.3 is 10.5 Å². The van der Waals surface area contributed by atoms with E-state index in [0.29, 0.717) is 0 Å². The molecule has 1 aromatic rings. The van der Waals surface area contributed by atoms with Gasteiger partial charge in [-0.2, -0.15) is 0 Å². The van der Waals surface area contributed by atoms with Crippen LogP contribution in [0.2, 0.25) is 0 Å². The largest absolute Gasteiger partial charge is 0.497 e. The highest BCUT2D eigenvalue weighted by Crippen LogP contribution is 2.27. The summed E-state index contributed by atoms with van der Waals surface area (Å²) in [5, 5.41) is 0. The van der Waals surface area contributed by atoms with Gasteiger partial charge >= 0.3 is 0 Å². The molecular formula is C10H13F2NO. The fraction of sp³-hybridized carbons (Fsp3) is 0.400. The monoisotopic (exact) mass is 201 g/mol. The number of halogens is 2. The van der Waals surface area contributed by atoms with Gasteiger partial charge in [0.2, 0.25) is 0 Å². The van der Waals surface area contributed by atoms with E-state index in [-0.39, 0.29) is 11.3 Å². The van der Waals surface area contributed by atoms with Crippen LogP contribution in [0, 0.1) is 11.6 Å². The lowest BCUT2D eigenvalue weighted by Gasteiger charge is -2.20. The average Bonchev–Trinajstić information content (AvgIpc) is 2.07. The Kier molecular flexibility index (Phi) is 2.76. The summed E-state index contributed by atoms with van der Waals surface area (Å²) in [6.45, 7) is 3.20. The van der Waals surface area contributed by atoms with Gasteiger partial charge in [-0.05, 0) is 19.9 Å². The molecule has 0 heterocycles. The molecule has 0 spiro atoms. The average molecular weight is 201 g/mol. The van der Waals surface area contributed by atoms with Crippen LogP contribution in [0.3, 0.4) is 0 Å². The number of ether oxygens (including phenoxy) is 1. The van der Waals surface area contributed by atoms with Crippen LogP contribution in [0.15, 0.2) is 12.1 Å². The lowest BCUT2D eigenvalue weighted by atomic mass is 9.95. The van der Waals surface area contributed by atoms with Crippen molar-refractivity contribution < 1.29 is 13.5 Å². The predicted molar refractivity (Wildman–Crippen MR) is 50.1 cm³/mol. The first-order chi connectivity index (χ1) is 6.36. The van der Waals surface area contributed by atoms with Crippen LogP contribution in [-0.4, -0.2) is 7.11 Å². The minimum atomic E-state index is -0.946. The van der Waals surface area contributed by atoms with E-state index in [1.807, 2.05) is 0 Å². The van der Waals surface area contributed by atoms with Gasteiger partial charge in [0.15, 0.2) is 11.6 Å². The lowest BCUT2D eigenvalue weighted by Crippen LogP contribution is -2.30. The topological polar surface area (TPSA) is 35.2 Å². The Labute approximate surface area is 81.7 Å². The summed E-state index contributed by atoms with van der Waals surface area (Å²) in [6.07, 6.45) is 0. The van der Waals surface area contributed by atoms with Crippen LogP contribution in [0.5, 0.6) is 5.75 Å². The minimum Gasteiger partial charge on any atom is -0.497 e. The Morgan fingerprint density at radius 1 is 1.29 bits per heavy atom. The molecule has 14 heavy (non-hydrogen) atoms. The molecule has 1 rings (SSSR count). The third-order valence-electron chi connectivity index (χ3n) is 1.93. The summed E-state index contributed by atoms with van der Waals surface area (Å²) < 4.78 is 31.2. The number of nitrogens with two attached hydrogens (primary N) is 1. The molecule has 0 saturated heterocycles. The van der Waals surface area contributed by atoms with Crippen LogP contribution in [0.1, 0.15) is 19.4 Å². The molecule has 0 saturated carbocycles. The van der Waals surface area contributed by atoms with E-state index in [1.165, 1.54) is 13.2 Å². The number of methoxy groups -OCH3 is 1. The fourth-order valence-corrected chi connectivity index (χ4v) is 1.15. The van der Waals surface area contributed by atoms with Crippen LogP contribution < -0.4 is 10.5 Å². The van der Waals surface area contributed by atoms with Gasteiger partial charge in [0.1, 0.15) is 5.75 Å². The summed E-state index contributed by atoms with van der Waals surface area (Å²) >= 11 is 0. The minimum absolute atomic E-state index is 0.106. The van der Waals surface area contributed by atoms with E-state index >= 15 is 0 Å². The molecule has 0 radical (unpaired) electrons. The zero-order valence-corrected chi connectivity index (χ0v) is 8.40. The van der Waals surface area contributed by atoms with Crippen molar-refractivity contribution in [1.29, 1.82) is 0 Å². The van der Waals surface area contributed by atoms with Crippen molar-refractivity contribution >= 4 is 0 Å². The van der Waals surface area contributed by atoms with Gasteiger partial charge in [-0.15, -0.1) is 0 Å². The summed E-state index contributed by atoms with van der Waals surface area (Å²) in [5.41, 5.74) is 4.86. The van der Waals surface area contributed by atoms with Crippen molar-refractivity contribution in [2.75, 3.05) is 7.11 Å². The SMILES string of the molecule is COc1cc(F)c(F)c(C(C)(C)N)c1. The van der Waals surface area contributed by atoms with Crippen molar-refractivity contribution in [3.05, 3.63) is 29.3 Å². The normalized spacial score (nSPS) is 11.6. The number of hydrogen-bond donors (Lipinski definition) is 1. The Morgan fingerprint density at radius 2 is 1.86 bits per heavy atom. The predicted octanol–water partition coefficient (Wildman–Crippen LogP) is 2.17. The van der Waals surface area contributed by atoms with Crippen LogP contribution in [-0.2, 0) is 5.54 Å². The van der Waals surface area contributed by atoms with Gasteiger partial charge in [0.05, 0.1) is 7.11 Å². The summed E-state index contributed by atoms with van der Waals surface area (Å²) in [5.74, 6) is -1.60. The van der Waals surface area contributed by atoms with Gasteiger partial charge in [-0.25, -0.2) is 8.78 Å². The van der Waals surface area contributed by atoms with Crippen molar-refractivity contribution in [3.63, 3.8) is 0 Å². The van der Waals surface area contributed by atoms with Crippen molar-refractivity contribution in [1.82, 2.24) is 0 Å². The van der Waals surface area contributed by atoms with E-state index in [0.717, 1.165) is 6.07 Å². The standard InChI is InChI=1S/C10H13F2NO/c1-10(2,13)7-4-6(14-3)5-8(11)9(7)12/h4-5H,13H2,1-3H3. The Balaban J connectivity index is 3.35. The van der Waals surface area contributed by atoms with E-state index in [9.17, 15) is 8.78 Å². The molecule has 4 heteroatoms. The molecule has 1 aromatic carbocycles.